The summed E-state index contributed by atoms with van der Waals surface area (Å²) in [6.07, 6.45) is 6.76. The molecule has 4 fully saturated rings. The number of aliphatic carboxylic acids is 1. The summed E-state index contributed by atoms with van der Waals surface area (Å²) in [7, 11) is 1.16. The Labute approximate surface area is 148 Å². The molecular formula is C17H27ClO5S. The number of hydrogen-bond donors (Lipinski definition) is 1. The molecule has 138 valence electrons. The molecule has 1 N–H and O–H groups in total. The minimum Gasteiger partial charge on any atom is -0.481 e. The van der Waals surface area contributed by atoms with E-state index >= 15 is 0 Å². The third-order valence-electron chi connectivity index (χ3n) is 6.67. The number of rotatable bonds is 7. The van der Waals surface area contributed by atoms with Crippen LogP contribution >= 0.6 is 10.7 Å². The average Bonchev–Trinajstić information content (AvgIpc) is 2.43. The Bertz CT molecular complexity index is 600. The van der Waals surface area contributed by atoms with Crippen LogP contribution in [0.1, 0.15) is 58.8 Å². The van der Waals surface area contributed by atoms with Crippen molar-refractivity contribution in [1.29, 1.82) is 0 Å². The van der Waals surface area contributed by atoms with Crippen molar-refractivity contribution < 1.29 is 22.5 Å². The molecule has 0 aliphatic heterocycles. The number of carbonyl (C=O) groups is 1. The second kappa shape index (κ2) is 6.13. The molecule has 4 bridgehead atoms. The van der Waals surface area contributed by atoms with Crippen molar-refractivity contribution in [2.75, 3.05) is 6.61 Å². The maximum absolute atomic E-state index is 12.1. The Morgan fingerprint density at radius 2 is 1.83 bits per heavy atom. The lowest BCUT2D eigenvalue weighted by atomic mass is 9.44. The van der Waals surface area contributed by atoms with E-state index in [-0.39, 0.29) is 17.9 Å². The highest BCUT2D eigenvalue weighted by Gasteiger charge is 2.60. The van der Waals surface area contributed by atoms with Crippen LogP contribution in [0, 0.1) is 34.5 Å². The topological polar surface area (TPSA) is 80.7 Å². The lowest BCUT2D eigenvalue weighted by Gasteiger charge is -2.59. The lowest BCUT2D eigenvalue weighted by molar-refractivity contribution is -0.179. The summed E-state index contributed by atoms with van der Waals surface area (Å²) in [4.78, 5) is 12.1. The van der Waals surface area contributed by atoms with Crippen molar-refractivity contribution in [2.45, 2.75) is 58.8 Å². The maximum atomic E-state index is 12.1. The fourth-order valence-electron chi connectivity index (χ4n) is 5.84. The summed E-state index contributed by atoms with van der Waals surface area (Å²) in [5, 5.41) is 9.97. The Kier molecular flexibility index (Phi) is 4.72. The number of carboxylic acid groups (broad SMARTS) is 1. The molecule has 7 heteroatoms. The van der Waals surface area contributed by atoms with Crippen LogP contribution in [-0.2, 0) is 18.3 Å². The smallest absolute Gasteiger partial charge is 0.355 e. The molecule has 0 aromatic heterocycles. The zero-order chi connectivity index (χ0) is 17.8. The number of carboxylic acids is 1. The maximum Gasteiger partial charge on any atom is 0.355 e. The Hall–Kier alpha value is -0.330. The van der Waals surface area contributed by atoms with Crippen molar-refractivity contribution in [1.82, 2.24) is 0 Å². The third-order valence-corrected chi connectivity index (χ3v) is 7.34. The Balaban J connectivity index is 1.68. The summed E-state index contributed by atoms with van der Waals surface area (Å²) in [6.45, 7) is 3.92. The van der Waals surface area contributed by atoms with Gasteiger partial charge in [0.2, 0.25) is 0 Å². The van der Waals surface area contributed by atoms with E-state index in [0.29, 0.717) is 17.8 Å². The highest BCUT2D eigenvalue weighted by molar-refractivity contribution is 8.09. The van der Waals surface area contributed by atoms with Crippen LogP contribution in [0.3, 0.4) is 0 Å². The molecule has 0 aromatic rings. The van der Waals surface area contributed by atoms with Crippen LogP contribution in [-0.4, -0.2) is 26.1 Å². The monoisotopic (exact) mass is 378 g/mol. The zero-order valence-corrected chi connectivity index (χ0v) is 15.9. The summed E-state index contributed by atoms with van der Waals surface area (Å²) in [6, 6.07) is 0. The van der Waals surface area contributed by atoms with Gasteiger partial charge in [0.25, 0.3) is 0 Å². The molecular weight excluding hydrogens is 352 g/mol. The van der Waals surface area contributed by atoms with Gasteiger partial charge in [0.05, 0.1) is 12.0 Å². The van der Waals surface area contributed by atoms with Gasteiger partial charge < -0.3 is 5.11 Å². The van der Waals surface area contributed by atoms with E-state index < -0.39 is 20.7 Å². The SMILES string of the molecule is CC(C)(CCC1C2CC3CC(C2)CC1(C(=O)O)C3)COS(=O)(=O)Cl. The van der Waals surface area contributed by atoms with Crippen molar-refractivity contribution in [2.24, 2.45) is 34.5 Å². The van der Waals surface area contributed by atoms with E-state index in [9.17, 15) is 18.3 Å². The highest BCUT2D eigenvalue weighted by Crippen LogP contribution is 2.64. The first-order valence-corrected chi connectivity index (χ1v) is 11.1. The Morgan fingerprint density at radius 1 is 1.25 bits per heavy atom. The first-order valence-electron chi connectivity index (χ1n) is 8.83. The van der Waals surface area contributed by atoms with Crippen LogP contribution in [0.25, 0.3) is 0 Å². The van der Waals surface area contributed by atoms with Gasteiger partial charge >= 0.3 is 15.3 Å². The third kappa shape index (κ3) is 3.61. The van der Waals surface area contributed by atoms with E-state index in [1.54, 1.807) is 0 Å². The van der Waals surface area contributed by atoms with Crippen molar-refractivity contribution in [3.05, 3.63) is 0 Å². The van der Waals surface area contributed by atoms with Crippen molar-refractivity contribution in [3.63, 3.8) is 0 Å². The van der Waals surface area contributed by atoms with E-state index in [2.05, 4.69) is 0 Å². The average molecular weight is 379 g/mol. The standard InChI is InChI=1S/C17H27ClO5S/c1-16(2,10-23-24(18,21)22)4-3-14-13-6-11-5-12(7-13)9-17(14,8-11)15(19)20/h11-14H,3-10H2,1-2H3,(H,19,20). The van der Waals surface area contributed by atoms with Crippen LogP contribution in [0.5, 0.6) is 0 Å². The van der Waals surface area contributed by atoms with Gasteiger partial charge in [-0.05, 0) is 74.0 Å². The normalized spacial score (nSPS) is 38.5. The first-order chi connectivity index (χ1) is 11.0. The second-order valence-corrected chi connectivity index (χ2v) is 11.2. The summed E-state index contributed by atoms with van der Waals surface area (Å²) >= 11 is 0. The van der Waals surface area contributed by atoms with Gasteiger partial charge in [0, 0.05) is 10.7 Å². The van der Waals surface area contributed by atoms with Crippen molar-refractivity contribution >= 4 is 26.0 Å². The van der Waals surface area contributed by atoms with E-state index in [1.165, 1.54) is 19.3 Å². The summed E-state index contributed by atoms with van der Waals surface area (Å²) in [5.41, 5.74) is -0.902. The molecule has 0 aromatic carbocycles. The fourth-order valence-corrected chi connectivity index (χ4v) is 6.43. The molecule has 24 heavy (non-hydrogen) atoms. The van der Waals surface area contributed by atoms with Gasteiger partial charge in [0.15, 0.2) is 0 Å². The van der Waals surface area contributed by atoms with E-state index in [1.807, 2.05) is 13.8 Å². The highest BCUT2D eigenvalue weighted by atomic mass is 35.7. The molecule has 0 heterocycles. The molecule has 4 saturated carbocycles. The molecule has 0 saturated heterocycles. The first kappa shape index (κ1) is 18.5. The molecule has 4 aliphatic rings. The van der Waals surface area contributed by atoms with Gasteiger partial charge in [-0.15, -0.1) is 0 Å². The summed E-state index contributed by atoms with van der Waals surface area (Å²) in [5.74, 6) is 1.28. The molecule has 3 atom stereocenters. The largest absolute Gasteiger partial charge is 0.481 e. The molecule has 0 spiro atoms. The van der Waals surface area contributed by atoms with Crippen LogP contribution in [0.4, 0.5) is 0 Å². The quantitative estimate of drug-likeness (QED) is 0.681. The number of halogens is 1. The lowest BCUT2D eigenvalue weighted by Crippen LogP contribution is -2.56. The molecule has 0 amide bonds. The van der Waals surface area contributed by atoms with Gasteiger partial charge in [-0.3, -0.25) is 8.98 Å². The predicted octanol–water partition coefficient (Wildman–Crippen LogP) is 3.82. The predicted molar refractivity (Wildman–Crippen MR) is 90.9 cm³/mol. The van der Waals surface area contributed by atoms with Crippen molar-refractivity contribution in [3.8, 4) is 0 Å². The van der Waals surface area contributed by atoms with Gasteiger partial charge in [-0.25, -0.2) is 0 Å². The van der Waals surface area contributed by atoms with Crippen LogP contribution in [0.15, 0.2) is 0 Å². The van der Waals surface area contributed by atoms with Crippen LogP contribution in [0.2, 0.25) is 0 Å². The molecule has 4 aliphatic carbocycles. The van der Waals surface area contributed by atoms with Gasteiger partial charge in [0.1, 0.15) is 0 Å². The van der Waals surface area contributed by atoms with Gasteiger partial charge in [-0.2, -0.15) is 8.42 Å². The minimum atomic E-state index is -3.96. The fraction of sp³-hybridized carbons (Fsp3) is 0.941. The van der Waals surface area contributed by atoms with Crippen LogP contribution < -0.4 is 0 Å². The molecule has 0 radical (unpaired) electrons. The molecule has 4 rings (SSSR count). The second-order valence-electron chi connectivity index (χ2n) is 9.03. The minimum absolute atomic E-state index is 0.0293. The summed E-state index contributed by atoms with van der Waals surface area (Å²) < 4.78 is 26.7. The molecule has 3 unspecified atom stereocenters. The van der Waals surface area contributed by atoms with E-state index in [4.69, 9.17) is 14.9 Å². The van der Waals surface area contributed by atoms with E-state index in [0.717, 1.165) is 25.7 Å². The van der Waals surface area contributed by atoms with Gasteiger partial charge in [-0.1, -0.05) is 13.8 Å². The Morgan fingerprint density at radius 3 is 2.33 bits per heavy atom. The molecule has 5 nitrogen and oxygen atoms in total. The zero-order valence-electron chi connectivity index (χ0n) is 14.3. The number of hydrogen-bond acceptors (Lipinski definition) is 4.